The molecular formula is C14H21NO. The van der Waals surface area contributed by atoms with Crippen molar-refractivity contribution in [2.75, 3.05) is 5.32 Å². The SMILES string of the molecule is [3H]CCCc1cc(CCC[3H])cc(NC(C)=O)c1. The fourth-order valence-corrected chi connectivity index (χ4v) is 1.73. The monoisotopic (exact) mass is 223 g/mol. The summed E-state index contributed by atoms with van der Waals surface area (Å²) < 4.78 is 14.4. The van der Waals surface area contributed by atoms with E-state index in [4.69, 9.17) is 2.74 Å². The predicted octanol–water partition coefficient (Wildman–Crippen LogP) is 3.55. The van der Waals surface area contributed by atoms with Crippen LogP contribution in [0.1, 0.15) is 47.4 Å². The van der Waals surface area contributed by atoms with Crippen LogP contribution in [0.2, 0.25) is 0 Å². The number of carbonyl (C=O) groups excluding carboxylic acids is 1. The average Bonchev–Trinajstić information content (AvgIpc) is 2.33. The normalized spacial score (nSPS) is 11.8. The minimum absolute atomic E-state index is 0.0703. The van der Waals surface area contributed by atoms with Crippen LogP contribution in [0.5, 0.6) is 0 Å². The predicted molar refractivity (Wildman–Crippen MR) is 68.7 cm³/mol. The molecule has 88 valence electrons. The number of nitrogens with one attached hydrogen (secondary N) is 1. The molecule has 0 bridgehead atoms. The van der Waals surface area contributed by atoms with Crippen molar-refractivity contribution in [1.82, 2.24) is 0 Å². The maximum atomic E-state index is 11.1. The number of hydrogen-bond donors (Lipinski definition) is 1. The zero-order chi connectivity index (χ0) is 13.4. The van der Waals surface area contributed by atoms with Gasteiger partial charge >= 0.3 is 0 Å². The third kappa shape index (κ3) is 4.05. The van der Waals surface area contributed by atoms with Gasteiger partial charge in [0.25, 0.3) is 0 Å². The van der Waals surface area contributed by atoms with Crippen molar-refractivity contribution in [1.29, 1.82) is 0 Å². The minimum Gasteiger partial charge on any atom is -0.326 e. The number of aryl methyl sites for hydroxylation is 2. The van der Waals surface area contributed by atoms with E-state index in [9.17, 15) is 4.79 Å². The molecule has 0 aliphatic heterocycles. The Morgan fingerprint density at radius 1 is 1.19 bits per heavy atom. The van der Waals surface area contributed by atoms with Gasteiger partial charge in [-0.05, 0) is 36.1 Å². The lowest BCUT2D eigenvalue weighted by atomic mass is 10.0. The van der Waals surface area contributed by atoms with Gasteiger partial charge in [0, 0.05) is 15.4 Å². The Morgan fingerprint density at radius 2 is 1.75 bits per heavy atom. The lowest BCUT2D eigenvalue weighted by molar-refractivity contribution is -0.114. The van der Waals surface area contributed by atoms with Gasteiger partial charge in [-0.3, -0.25) is 4.79 Å². The van der Waals surface area contributed by atoms with Gasteiger partial charge in [0.1, 0.15) is 0 Å². The second-order valence-corrected chi connectivity index (χ2v) is 3.93. The lowest BCUT2D eigenvalue weighted by Gasteiger charge is -2.09. The third-order valence-electron chi connectivity index (χ3n) is 2.30. The quantitative estimate of drug-likeness (QED) is 0.812. The van der Waals surface area contributed by atoms with Gasteiger partial charge in [0.2, 0.25) is 5.91 Å². The summed E-state index contributed by atoms with van der Waals surface area (Å²) >= 11 is 0. The molecule has 0 saturated heterocycles. The smallest absolute Gasteiger partial charge is 0.221 e. The maximum Gasteiger partial charge on any atom is 0.221 e. The summed E-state index contributed by atoms with van der Waals surface area (Å²) in [4.78, 5) is 11.1. The molecule has 0 aliphatic rings. The molecule has 1 amide bonds. The van der Waals surface area contributed by atoms with Crippen LogP contribution in [0.3, 0.4) is 0 Å². The molecule has 0 aromatic heterocycles. The Bertz CT molecular complexity index is 367. The van der Waals surface area contributed by atoms with E-state index in [2.05, 4.69) is 11.4 Å². The number of hydrogen-bond acceptors (Lipinski definition) is 1. The largest absolute Gasteiger partial charge is 0.326 e. The highest BCUT2D eigenvalue weighted by atomic mass is 16.1. The highest BCUT2D eigenvalue weighted by Gasteiger charge is 2.02. The highest BCUT2D eigenvalue weighted by Crippen LogP contribution is 2.17. The molecule has 1 aromatic rings. The number of benzene rings is 1. The van der Waals surface area contributed by atoms with Crippen LogP contribution >= 0.6 is 0 Å². The van der Waals surface area contributed by atoms with Crippen LogP contribution in [-0.2, 0) is 17.6 Å². The van der Waals surface area contributed by atoms with E-state index < -0.39 is 0 Å². The molecular weight excluding hydrogens is 198 g/mol. The first-order valence-corrected chi connectivity index (χ1v) is 5.64. The van der Waals surface area contributed by atoms with Gasteiger partial charge in [-0.1, -0.05) is 32.7 Å². The molecule has 0 heterocycles. The van der Waals surface area contributed by atoms with E-state index in [-0.39, 0.29) is 5.91 Å². The van der Waals surface area contributed by atoms with Crippen molar-refractivity contribution in [3.05, 3.63) is 29.3 Å². The summed E-state index contributed by atoms with van der Waals surface area (Å²) in [5.41, 5.74) is 3.15. The minimum atomic E-state index is -0.0703. The molecule has 0 spiro atoms. The van der Waals surface area contributed by atoms with E-state index in [1.807, 2.05) is 12.1 Å². The Labute approximate surface area is 101 Å². The Morgan fingerprint density at radius 3 is 2.19 bits per heavy atom. The summed E-state index contributed by atoms with van der Waals surface area (Å²) in [6, 6.07) is 6.07. The van der Waals surface area contributed by atoms with Crippen LogP contribution in [0.25, 0.3) is 0 Å². The van der Waals surface area contributed by atoms with Crippen LogP contribution in [-0.4, -0.2) is 5.91 Å². The summed E-state index contributed by atoms with van der Waals surface area (Å²) in [6.07, 6.45) is 3.40. The molecule has 1 N–H and O–H groups in total. The fraction of sp³-hybridized carbons (Fsp3) is 0.500. The summed E-state index contributed by atoms with van der Waals surface area (Å²) in [5, 5.41) is 2.81. The van der Waals surface area contributed by atoms with Crippen molar-refractivity contribution in [2.45, 2.75) is 46.4 Å². The van der Waals surface area contributed by atoms with Gasteiger partial charge in [-0.25, -0.2) is 0 Å². The summed E-state index contributed by atoms with van der Waals surface area (Å²) in [6.45, 7) is 2.35. The molecule has 2 heteroatoms. The van der Waals surface area contributed by atoms with Gasteiger partial charge in [-0.2, -0.15) is 0 Å². The number of amides is 1. The first-order valence-electron chi connectivity index (χ1n) is 7.06. The molecule has 0 atom stereocenters. The average molecular weight is 223 g/mol. The topological polar surface area (TPSA) is 29.1 Å². The van der Waals surface area contributed by atoms with Crippen molar-refractivity contribution in [3.8, 4) is 0 Å². The Kier molecular flexibility index (Phi) is 3.90. The standard InChI is InChI=1S/C14H21NO/c1-4-6-12-8-13(7-5-2)10-14(9-12)15-11(3)16/h8-10H,4-7H2,1-3H3,(H,15,16)/i1T,2T. The molecule has 0 fully saturated rings. The van der Waals surface area contributed by atoms with Gasteiger partial charge in [0.05, 0.1) is 0 Å². The van der Waals surface area contributed by atoms with Crippen molar-refractivity contribution in [3.63, 3.8) is 0 Å². The Balaban J connectivity index is 2.84. The summed E-state index contributed by atoms with van der Waals surface area (Å²) in [5.74, 6) is -0.0703. The van der Waals surface area contributed by atoms with Gasteiger partial charge < -0.3 is 5.32 Å². The van der Waals surface area contributed by atoms with Crippen molar-refractivity contribution in [2.24, 2.45) is 0 Å². The van der Waals surface area contributed by atoms with Gasteiger partial charge in [-0.15, -0.1) is 0 Å². The van der Waals surface area contributed by atoms with E-state index >= 15 is 0 Å². The first-order chi connectivity index (χ1) is 8.65. The molecule has 0 radical (unpaired) electrons. The highest BCUT2D eigenvalue weighted by molar-refractivity contribution is 5.88. The molecule has 0 aliphatic carbocycles. The molecule has 16 heavy (non-hydrogen) atoms. The number of carbonyl (C=O) groups is 1. The van der Waals surface area contributed by atoms with E-state index in [1.54, 1.807) is 0 Å². The van der Waals surface area contributed by atoms with Crippen LogP contribution in [0.4, 0.5) is 5.69 Å². The molecule has 0 unspecified atom stereocenters. The van der Waals surface area contributed by atoms with E-state index in [1.165, 1.54) is 6.92 Å². The number of anilines is 1. The number of rotatable bonds is 5. The Hall–Kier alpha value is -1.31. The van der Waals surface area contributed by atoms with E-state index in [0.29, 0.717) is 13.8 Å². The van der Waals surface area contributed by atoms with E-state index in [0.717, 1.165) is 42.5 Å². The maximum absolute atomic E-state index is 11.1. The second kappa shape index (κ2) is 6.31. The lowest BCUT2D eigenvalue weighted by Crippen LogP contribution is -2.06. The summed E-state index contributed by atoms with van der Waals surface area (Å²) in [7, 11) is 0. The van der Waals surface area contributed by atoms with Crippen molar-refractivity contribution < 1.29 is 7.54 Å². The third-order valence-corrected chi connectivity index (χ3v) is 2.30. The molecule has 1 aromatic carbocycles. The molecule has 2 nitrogen and oxygen atoms in total. The van der Waals surface area contributed by atoms with Crippen LogP contribution in [0, 0.1) is 0 Å². The second-order valence-electron chi connectivity index (χ2n) is 3.93. The zero-order valence-corrected chi connectivity index (χ0v) is 9.88. The zero-order valence-electron chi connectivity index (χ0n) is 11.9. The van der Waals surface area contributed by atoms with Crippen molar-refractivity contribution >= 4 is 11.6 Å². The fourth-order valence-electron chi connectivity index (χ4n) is 1.73. The van der Waals surface area contributed by atoms with Crippen LogP contribution in [0.15, 0.2) is 18.2 Å². The van der Waals surface area contributed by atoms with Gasteiger partial charge in [0.15, 0.2) is 0 Å². The molecule has 1 rings (SSSR count). The first kappa shape index (κ1) is 9.88. The van der Waals surface area contributed by atoms with Crippen LogP contribution < -0.4 is 5.32 Å². The molecule has 0 saturated carbocycles.